The molecule has 0 saturated heterocycles. The lowest BCUT2D eigenvalue weighted by atomic mass is 10.0. The Morgan fingerprint density at radius 2 is 0.487 bits per heavy atom. The second kappa shape index (κ2) is 67.3. The highest BCUT2D eigenvalue weighted by Crippen LogP contribution is 2.17. The van der Waals surface area contributed by atoms with Crippen molar-refractivity contribution in [3.8, 4) is 0 Å². The molecule has 6 heteroatoms. The van der Waals surface area contributed by atoms with Crippen LogP contribution in [0, 0.1) is 0 Å². The third-order valence-corrected chi connectivity index (χ3v) is 14.2. The molecule has 0 aromatic heterocycles. The summed E-state index contributed by atoms with van der Waals surface area (Å²) in [7, 11) is 0. The minimum absolute atomic E-state index is 0.103. The standard InChI is InChI=1S/C74H124O6/c1-4-7-10-13-16-19-22-25-28-31-34-35-36-37-38-41-43-46-49-52-55-58-61-64-67-73(76)79-70-71(80-74(77)68-65-62-59-56-53-50-47-44-40-33-30-27-24-21-18-15-12-9-6-3)69-78-72(75)66-63-60-57-54-51-48-45-42-39-32-29-26-23-20-17-14-11-8-5-2/h8-9,11-12,17-18,20-21,26-27,29-30,39-40,42,44,48,50-51,53,71H,4-7,10,13-16,19,22-25,28,31-38,41,43,45-47,49,52,54-70H2,1-3H3/b11-8-,12-9-,20-17-,21-18-,29-26-,30-27-,42-39-,44-40-,51-48-,53-50-. The first-order chi connectivity index (χ1) is 39.5. The maximum absolute atomic E-state index is 12.9. The zero-order valence-corrected chi connectivity index (χ0v) is 52.3. The molecule has 0 N–H and O–H groups in total. The second-order valence-corrected chi connectivity index (χ2v) is 22.0. The van der Waals surface area contributed by atoms with Crippen LogP contribution in [-0.4, -0.2) is 37.2 Å². The summed E-state index contributed by atoms with van der Waals surface area (Å²) in [4.78, 5) is 38.4. The van der Waals surface area contributed by atoms with E-state index >= 15 is 0 Å². The van der Waals surface area contributed by atoms with Crippen LogP contribution in [0.25, 0.3) is 0 Å². The molecule has 0 rings (SSSR count). The summed E-state index contributed by atoms with van der Waals surface area (Å²) in [5.41, 5.74) is 0. The Bertz CT molecular complexity index is 1650. The zero-order chi connectivity index (χ0) is 57.8. The molecular formula is C74H124O6. The van der Waals surface area contributed by atoms with E-state index < -0.39 is 6.10 Å². The normalized spacial score (nSPS) is 12.9. The van der Waals surface area contributed by atoms with Crippen molar-refractivity contribution in [3.05, 3.63) is 122 Å². The molecule has 0 aromatic carbocycles. The quantitative estimate of drug-likeness (QED) is 0.0261. The fourth-order valence-electron chi connectivity index (χ4n) is 9.26. The lowest BCUT2D eigenvalue weighted by Gasteiger charge is -2.18. The van der Waals surface area contributed by atoms with E-state index in [2.05, 4.69) is 142 Å². The predicted octanol–water partition coefficient (Wildman–Crippen LogP) is 23.2. The topological polar surface area (TPSA) is 78.9 Å². The van der Waals surface area contributed by atoms with Crippen LogP contribution < -0.4 is 0 Å². The maximum Gasteiger partial charge on any atom is 0.306 e. The first-order valence-corrected chi connectivity index (χ1v) is 33.5. The minimum atomic E-state index is -0.814. The van der Waals surface area contributed by atoms with Crippen LogP contribution >= 0.6 is 0 Å². The number of unbranched alkanes of at least 4 members (excludes halogenated alkanes) is 29. The highest BCUT2D eigenvalue weighted by atomic mass is 16.6. The number of carbonyl (C=O) groups excluding carboxylic acids is 3. The van der Waals surface area contributed by atoms with Crippen LogP contribution in [0.3, 0.4) is 0 Å². The number of hydrogen-bond donors (Lipinski definition) is 0. The Labute approximate surface area is 494 Å². The number of esters is 3. The minimum Gasteiger partial charge on any atom is -0.462 e. The first-order valence-electron chi connectivity index (χ1n) is 33.5. The van der Waals surface area contributed by atoms with E-state index in [-0.39, 0.29) is 37.5 Å². The van der Waals surface area contributed by atoms with Gasteiger partial charge in [0.05, 0.1) is 0 Å². The maximum atomic E-state index is 12.9. The third kappa shape index (κ3) is 64.6. The molecule has 0 spiro atoms. The van der Waals surface area contributed by atoms with Gasteiger partial charge in [-0.1, -0.05) is 303 Å². The largest absolute Gasteiger partial charge is 0.462 e. The average molecular weight is 1110 g/mol. The molecule has 0 radical (unpaired) electrons. The molecule has 0 aliphatic carbocycles. The third-order valence-electron chi connectivity index (χ3n) is 14.2. The van der Waals surface area contributed by atoms with Crippen LogP contribution in [0.2, 0.25) is 0 Å². The first kappa shape index (κ1) is 75.8. The van der Waals surface area contributed by atoms with Crippen LogP contribution in [-0.2, 0) is 28.6 Å². The van der Waals surface area contributed by atoms with Crippen molar-refractivity contribution < 1.29 is 28.6 Å². The lowest BCUT2D eigenvalue weighted by molar-refractivity contribution is -0.167. The Balaban J connectivity index is 4.44. The van der Waals surface area contributed by atoms with Gasteiger partial charge in [0.15, 0.2) is 6.10 Å². The van der Waals surface area contributed by atoms with Crippen molar-refractivity contribution in [2.45, 2.75) is 316 Å². The van der Waals surface area contributed by atoms with Crippen LogP contribution in [0.4, 0.5) is 0 Å². The zero-order valence-electron chi connectivity index (χ0n) is 52.3. The van der Waals surface area contributed by atoms with Crippen molar-refractivity contribution in [2.24, 2.45) is 0 Å². The van der Waals surface area contributed by atoms with Crippen LogP contribution in [0.15, 0.2) is 122 Å². The van der Waals surface area contributed by atoms with E-state index in [4.69, 9.17) is 14.2 Å². The summed E-state index contributed by atoms with van der Waals surface area (Å²) in [5, 5.41) is 0. The van der Waals surface area contributed by atoms with Gasteiger partial charge in [-0.05, 0) is 109 Å². The highest BCUT2D eigenvalue weighted by molar-refractivity contribution is 5.71. The smallest absolute Gasteiger partial charge is 0.306 e. The van der Waals surface area contributed by atoms with Crippen molar-refractivity contribution in [1.29, 1.82) is 0 Å². The summed E-state index contributed by atoms with van der Waals surface area (Å²) < 4.78 is 16.9. The predicted molar refractivity (Wildman–Crippen MR) is 348 cm³/mol. The van der Waals surface area contributed by atoms with Gasteiger partial charge in [-0.3, -0.25) is 14.4 Å². The van der Waals surface area contributed by atoms with Gasteiger partial charge in [0, 0.05) is 19.3 Å². The van der Waals surface area contributed by atoms with Gasteiger partial charge >= 0.3 is 17.9 Å². The number of hydrogen-bond acceptors (Lipinski definition) is 6. The van der Waals surface area contributed by atoms with Gasteiger partial charge in [0.25, 0.3) is 0 Å². The molecule has 0 aliphatic heterocycles. The Morgan fingerprint density at radius 3 is 0.762 bits per heavy atom. The van der Waals surface area contributed by atoms with Gasteiger partial charge in [-0.2, -0.15) is 0 Å². The van der Waals surface area contributed by atoms with E-state index in [1.807, 2.05) is 0 Å². The van der Waals surface area contributed by atoms with E-state index in [0.717, 1.165) is 135 Å². The second-order valence-electron chi connectivity index (χ2n) is 22.0. The molecule has 0 heterocycles. The van der Waals surface area contributed by atoms with E-state index in [0.29, 0.717) is 12.8 Å². The Morgan fingerprint density at radius 1 is 0.263 bits per heavy atom. The van der Waals surface area contributed by atoms with Crippen molar-refractivity contribution in [2.75, 3.05) is 13.2 Å². The Hall–Kier alpha value is -4.19. The SMILES string of the molecule is CC/C=C\C/C=C\C/C=C\C/C=C\C/C=C\CCCCCC(=O)OCC(COC(=O)CCCCCCCCCCCCCCCCCCCCCCCCCC)OC(=O)CCCCC/C=C\C/C=C\C/C=C\C/C=C\C/C=C\CC. The fraction of sp³-hybridized carbons (Fsp3) is 0.689. The van der Waals surface area contributed by atoms with Crippen molar-refractivity contribution in [1.82, 2.24) is 0 Å². The summed E-state index contributed by atoms with van der Waals surface area (Å²) >= 11 is 0. The van der Waals surface area contributed by atoms with E-state index in [9.17, 15) is 14.4 Å². The summed E-state index contributed by atoms with van der Waals surface area (Å²) in [5.74, 6) is -0.960. The molecule has 0 amide bonds. The molecule has 0 aromatic rings. The summed E-state index contributed by atoms with van der Waals surface area (Å²) in [6.07, 6.45) is 93.6. The summed E-state index contributed by atoms with van der Waals surface area (Å²) in [6.45, 7) is 6.39. The fourth-order valence-corrected chi connectivity index (χ4v) is 9.26. The molecule has 0 aliphatic rings. The Kier molecular flexibility index (Phi) is 63.8. The van der Waals surface area contributed by atoms with Gasteiger partial charge in [0.1, 0.15) is 13.2 Å². The number of ether oxygens (including phenoxy) is 3. The molecule has 6 nitrogen and oxygen atoms in total. The molecule has 0 fully saturated rings. The van der Waals surface area contributed by atoms with Crippen LogP contribution in [0.5, 0.6) is 0 Å². The highest BCUT2D eigenvalue weighted by Gasteiger charge is 2.19. The lowest BCUT2D eigenvalue weighted by Crippen LogP contribution is -2.30. The molecule has 1 atom stereocenters. The average Bonchev–Trinajstić information content (AvgIpc) is 3.46. The summed E-state index contributed by atoms with van der Waals surface area (Å²) in [6, 6.07) is 0. The van der Waals surface area contributed by atoms with Crippen molar-refractivity contribution in [3.63, 3.8) is 0 Å². The van der Waals surface area contributed by atoms with Gasteiger partial charge < -0.3 is 14.2 Å². The number of rotatable bonds is 60. The number of allylic oxidation sites excluding steroid dienone is 20. The molecule has 456 valence electrons. The molecule has 1 unspecified atom stereocenters. The van der Waals surface area contributed by atoms with Crippen molar-refractivity contribution >= 4 is 17.9 Å². The molecule has 0 saturated carbocycles. The molecule has 0 bridgehead atoms. The molecular weight excluding hydrogens is 985 g/mol. The van der Waals surface area contributed by atoms with E-state index in [1.54, 1.807) is 0 Å². The number of carbonyl (C=O) groups is 3. The monoisotopic (exact) mass is 1110 g/mol. The van der Waals surface area contributed by atoms with Gasteiger partial charge in [-0.25, -0.2) is 0 Å². The van der Waals surface area contributed by atoms with E-state index in [1.165, 1.54) is 135 Å². The van der Waals surface area contributed by atoms with Crippen LogP contribution in [0.1, 0.15) is 310 Å². The molecule has 80 heavy (non-hydrogen) atoms. The van der Waals surface area contributed by atoms with Gasteiger partial charge in [0.2, 0.25) is 0 Å². The van der Waals surface area contributed by atoms with Gasteiger partial charge in [-0.15, -0.1) is 0 Å².